The smallest absolute Gasteiger partial charge is 0.180 e. The van der Waals surface area contributed by atoms with Crippen LogP contribution in [0.4, 0.5) is 0 Å². The summed E-state index contributed by atoms with van der Waals surface area (Å²) in [7, 11) is 1.07. The number of rotatable bonds is 21. The summed E-state index contributed by atoms with van der Waals surface area (Å²) in [5.41, 5.74) is 0. The highest BCUT2D eigenvalue weighted by Gasteiger charge is 2.09. The third-order valence-electron chi connectivity index (χ3n) is 4.92. The van der Waals surface area contributed by atoms with Gasteiger partial charge in [0, 0.05) is 29.7 Å². The molecule has 0 amide bonds. The monoisotopic (exact) mass is 402 g/mol. The van der Waals surface area contributed by atoms with Crippen molar-refractivity contribution in [3.8, 4) is 0 Å². The van der Waals surface area contributed by atoms with Gasteiger partial charge in [0.15, 0.2) is 6.29 Å². The molecule has 0 saturated heterocycles. The fourth-order valence-electron chi connectivity index (χ4n) is 3.16. The van der Waals surface area contributed by atoms with Crippen LogP contribution in [0.15, 0.2) is 0 Å². The van der Waals surface area contributed by atoms with Crippen LogP contribution >= 0.6 is 0 Å². The molecular weight excluding hydrogens is 352 g/mol. The fraction of sp³-hybridized carbons (Fsp3) is 1.00. The molecule has 0 aromatic rings. The highest BCUT2D eigenvalue weighted by atomic mass is 28.1. The first-order chi connectivity index (χ1) is 13.1. The number of unbranched alkanes of at least 4 members (excludes halogenated alkanes) is 8. The van der Waals surface area contributed by atoms with E-state index in [1.54, 1.807) is 0 Å². The zero-order valence-corrected chi connectivity index (χ0v) is 21.3. The van der Waals surface area contributed by atoms with E-state index in [2.05, 4.69) is 27.7 Å². The molecule has 0 saturated carbocycles. The van der Waals surface area contributed by atoms with Crippen LogP contribution in [0.1, 0.15) is 105 Å². The molecule has 0 aromatic carbocycles. The van der Waals surface area contributed by atoms with E-state index in [-0.39, 0.29) is 6.29 Å². The van der Waals surface area contributed by atoms with Gasteiger partial charge in [-0.25, -0.2) is 0 Å². The summed E-state index contributed by atoms with van der Waals surface area (Å²) in [6, 6.07) is 0. The van der Waals surface area contributed by atoms with Crippen LogP contribution in [0.5, 0.6) is 0 Å². The van der Waals surface area contributed by atoms with Gasteiger partial charge in [-0.2, -0.15) is 0 Å². The van der Waals surface area contributed by atoms with E-state index in [9.17, 15) is 0 Å². The third kappa shape index (κ3) is 22.3. The standard InChI is InChI=1S/C23H50O3Si/c1-21(2)15-11-7-5-9-13-17-25-23(19-24-20-27)26-18-14-10-6-8-12-16-22(3)4/h21-23H,5-20H2,1-4,27H3. The van der Waals surface area contributed by atoms with E-state index in [1.165, 1.54) is 64.2 Å². The average molecular weight is 403 g/mol. The molecule has 0 fully saturated rings. The van der Waals surface area contributed by atoms with Crippen molar-refractivity contribution in [2.75, 3.05) is 26.1 Å². The third-order valence-corrected chi connectivity index (χ3v) is 5.33. The van der Waals surface area contributed by atoms with E-state index in [0.29, 0.717) is 6.61 Å². The lowest BCUT2D eigenvalue weighted by Gasteiger charge is -2.18. The summed E-state index contributed by atoms with van der Waals surface area (Å²) in [5, 5.41) is 0. The quantitative estimate of drug-likeness (QED) is 0.140. The zero-order valence-electron chi connectivity index (χ0n) is 19.3. The minimum atomic E-state index is -0.166. The van der Waals surface area contributed by atoms with E-state index >= 15 is 0 Å². The van der Waals surface area contributed by atoms with Crippen LogP contribution in [0.2, 0.25) is 0 Å². The fourth-order valence-corrected chi connectivity index (χ4v) is 3.39. The van der Waals surface area contributed by atoms with Gasteiger partial charge in [0.05, 0.1) is 6.61 Å². The van der Waals surface area contributed by atoms with Crippen molar-refractivity contribution in [2.45, 2.75) is 111 Å². The summed E-state index contributed by atoms with van der Waals surface area (Å²) in [6.07, 6.45) is 16.3. The minimum Gasteiger partial charge on any atom is -0.381 e. The second kappa shape index (κ2) is 20.8. The van der Waals surface area contributed by atoms with E-state index in [1.807, 2.05) is 0 Å². The Hall–Kier alpha value is 0.0969. The van der Waals surface area contributed by atoms with E-state index in [4.69, 9.17) is 14.2 Å². The molecule has 0 bridgehead atoms. The van der Waals surface area contributed by atoms with Crippen molar-refractivity contribution in [3.05, 3.63) is 0 Å². The second-order valence-electron chi connectivity index (χ2n) is 8.73. The summed E-state index contributed by atoms with van der Waals surface area (Å²) in [4.78, 5) is 0. The molecule has 0 aromatic heterocycles. The van der Waals surface area contributed by atoms with Gasteiger partial charge in [0.2, 0.25) is 0 Å². The highest BCUT2D eigenvalue weighted by molar-refractivity contribution is 6.08. The van der Waals surface area contributed by atoms with Crippen molar-refractivity contribution < 1.29 is 14.2 Å². The zero-order chi connectivity index (χ0) is 20.2. The molecule has 4 heteroatoms. The first kappa shape index (κ1) is 27.1. The topological polar surface area (TPSA) is 27.7 Å². The molecule has 164 valence electrons. The number of ether oxygens (including phenoxy) is 3. The average Bonchev–Trinajstić information content (AvgIpc) is 2.62. The molecule has 0 aliphatic carbocycles. The van der Waals surface area contributed by atoms with E-state index in [0.717, 1.165) is 54.4 Å². The van der Waals surface area contributed by atoms with Crippen LogP contribution in [0.25, 0.3) is 0 Å². The molecule has 3 nitrogen and oxygen atoms in total. The Morgan fingerprint density at radius 3 is 1.41 bits per heavy atom. The summed E-state index contributed by atoms with van der Waals surface area (Å²) in [6.45, 7) is 11.4. The van der Waals surface area contributed by atoms with Crippen LogP contribution < -0.4 is 0 Å². The maximum Gasteiger partial charge on any atom is 0.180 e. The van der Waals surface area contributed by atoms with Gasteiger partial charge in [0.25, 0.3) is 0 Å². The van der Waals surface area contributed by atoms with Crippen LogP contribution in [0.3, 0.4) is 0 Å². The van der Waals surface area contributed by atoms with Crippen LogP contribution in [-0.2, 0) is 14.2 Å². The highest BCUT2D eigenvalue weighted by Crippen LogP contribution is 2.12. The van der Waals surface area contributed by atoms with Gasteiger partial charge in [-0.05, 0) is 24.7 Å². The Labute approximate surface area is 173 Å². The maximum absolute atomic E-state index is 5.93. The molecular formula is C23H50O3Si. The predicted molar refractivity (Wildman–Crippen MR) is 122 cm³/mol. The molecule has 0 rings (SSSR count). The van der Waals surface area contributed by atoms with Crippen LogP contribution in [-0.4, -0.2) is 42.6 Å². The molecule has 27 heavy (non-hydrogen) atoms. The molecule has 0 heterocycles. The molecule has 0 aliphatic rings. The summed E-state index contributed by atoms with van der Waals surface area (Å²) >= 11 is 0. The van der Waals surface area contributed by atoms with E-state index < -0.39 is 0 Å². The van der Waals surface area contributed by atoms with Gasteiger partial charge in [0.1, 0.15) is 0 Å². The lowest BCUT2D eigenvalue weighted by atomic mass is 10.0. The Morgan fingerprint density at radius 1 is 0.593 bits per heavy atom. The predicted octanol–water partition coefficient (Wildman–Crippen LogP) is 5.68. The molecule has 0 unspecified atom stereocenters. The minimum absolute atomic E-state index is 0.166. The molecule has 0 N–H and O–H groups in total. The number of hydrogen-bond acceptors (Lipinski definition) is 3. The van der Waals surface area contributed by atoms with Crippen molar-refractivity contribution in [2.24, 2.45) is 11.8 Å². The first-order valence-corrected chi connectivity index (χ1v) is 13.3. The molecule has 0 spiro atoms. The second-order valence-corrected chi connectivity index (χ2v) is 9.31. The van der Waals surface area contributed by atoms with Crippen LogP contribution in [0, 0.1) is 11.8 Å². The Balaban J connectivity index is 3.58. The van der Waals surface area contributed by atoms with Gasteiger partial charge in [-0.1, -0.05) is 91.9 Å². The lowest BCUT2D eigenvalue weighted by molar-refractivity contribution is -0.170. The normalized spacial score (nSPS) is 12.1. The Morgan fingerprint density at radius 2 is 1.00 bits per heavy atom. The summed E-state index contributed by atoms with van der Waals surface area (Å²) < 4.78 is 17.4. The maximum atomic E-state index is 5.93. The largest absolute Gasteiger partial charge is 0.381 e. The Bertz CT molecular complexity index is 261. The van der Waals surface area contributed by atoms with Crippen molar-refractivity contribution in [3.63, 3.8) is 0 Å². The van der Waals surface area contributed by atoms with Gasteiger partial charge >= 0.3 is 0 Å². The molecule has 0 aliphatic heterocycles. The summed E-state index contributed by atoms with van der Waals surface area (Å²) in [5.74, 6) is 1.68. The SMILES string of the molecule is CC(C)CCCCCCCOC(COC[SiH3])OCCCCCCCC(C)C. The molecule has 0 atom stereocenters. The molecule has 0 radical (unpaired) electrons. The van der Waals surface area contributed by atoms with Gasteiger partial charge in [-0.15, -0.1) is 0 Å². The van der Waals surface area contributed by atoms with Gasteiger partial charge in [-0.3, -0.25) is 0 Å². The lowest BCUT2D eigenvalue weighted by Crippen LogP contribution is -2.25. The number of hydrogen-bond donors (Lipinski definition) is 0. The Kier molecular flexibility index (Phi) is 20.9. The van der Waals surface area contributed by atoms with Crippen molar-refractivity contribution >= 4 is 10.2 Å². The van der Waals surface area contributed by atoms with Crippen molar-refractivity contribution in [1.29, 1.82) is 0 Å². The van der Waals surface area contributed by atoms with Crippen molar-refractivity contribution in [1.82, 2.24) is 0 Å². The van der Waals surface area contributed by atoms with Gasteiger partial charge < -0.3 is 14.2 Å². The first-order valence-electron chi connectivity index (χ1n) is 11.9.